The molecule has 0 atom stereocenters. The lowest BCUT2D eigenvalue weighted by Crippen LogP contribution is -2.35. The second kappa shape index (κ2) is 6.23. The summed E-state index contributed by atoms with van der Waals surface area (Å²) in [7, 11) is 1.28. The summed E-state index contributed by atoms with van der Waals surface area (Å²) < 4.78 is 40.1. The van der Waals surface area contributed by atoms with Gasteiger partial charge in [0.15, 0.2) is 0 Å². The van der Waals surface area contributed by atoms with Gasteiger partial charge in [0.25, 0.3) is 5.91 Å². The first kappa shape index (κ1) is 17.0. The third-order valence-electron chi connectivity index (χ3n) is 4.25. The molecule has 1 fully saturated rings. The van der Waals surface area contributed by atoms with Crippen LogP contribution in [-0.2, 0) is 13.2 Å². The molecule has 3 rings (SSSR count). The van der Waals surface area contributed by atoms with E-state index < -0.39 is 11.9 Å². The Labute approximate surface area is 141 Å². The van der Waals surface area contributed by atoms with E-state index >= 15 is 0 Å². The zero-order valence-electron chi connectivity index (χ0n) is 13.5. The molecule has 0 saturated carbocycles. The summed E-state index contributed by atoms with van der Waals surface area (Å²) >= 11 is 1.20. The van der Waals surface area contributed by atoms with Gasteiger partial charge in [0.1, 0.15) is 11.4 Å². The molecular weight excluding hydrogens is 339 g/mol. The quantitative estimate of drug-likeness (QED) is 0.811. The van der Waals surface area contributed by atoms with Crippen molar-refractivity contribution in [3.63, 3.8) is 0 Å². The minimum atomic E-state index is -4.45. The molecule has 1 saturated heterocycles. The van der Waals surface area contributed by atoms with E-state index in [2.05, 4.69) is 5.10 Å². The number of aromatic nitrogens is 2. The van der Waals surface area contributed by atoms with Gasteiger partial charge in [-0.25, -0.2) is 0 Å². The van der Waals surface area contributed by atoms with Gasteiger partial charge in [-0.05, 0) is 38.3 Å². The van der Waals surface area contributed by atoms with Crippen LogP contribution in [0.2, 0.25) is 0 Å². The zero-order valence-corrected chi connectivity index (χ0v) is 14.3. The molecule has 2 aromatic heterocycles. The highest BCUT2D eigenvalue weighted by molar-refractivity contribution is 7.17. The van der Waals surface area contributed by atoms with Gasteiger partial charge >= 0.3 is 6.18 Å². The largest absolute Gasteiger partial charge is 0.433 e. The van der Waals surface area contributed by atoms with Crippen LogP contribution >= 0.6 is 11.3 Å². The second-order valence-electron chi connectivity index (χ2n) is 5.96. The zero-order chi connectivity index (χ0) is 17.5. The van der Waals surface area contributed by atoms with E-state index in [4.69, 9.17) is 0 Å². The van der Waals surface area contributed by atoms with Crippen LogP contribution < -0.4 is 0 Å². The van der Waals surface area contributed by atoms with Crippen LogP contribution in [0.1, 0.15) is 40.2 Å². The lowest BCUT2D eigenvalue weighted by atomic mass is 10.1. The fourth-order valence-corrected chi connectivity index (χ4v) is 4.11. The number of thiophene rings is 1. The van der Waals surface area contributed by atoms with E-state index in [0.717, 1.165) is 37.0 Å². The summed E-state index contributed by atoms with van der Waals surface area (Å²) in [5.74, 6) is -0.0458. The Kier molecular flexibility index (Phi) is 4.42. The predicted octanol–water partition coefficient (Wildman–Crippen LogP) is 4.10. The highest BCUT2D eigenvalue weighted by atomic mass is 32.1. The Morgan fingerprint density at radius 3 is 2.46 bits per heavy atom. The van der Waals surface area contributed by atoms with Gasteiger partial charge in [-0.3, -0.25) is 9.48 Å². The number of amides is 1. The van der Waals surface area contributed by atoms with Crippen molar-refractivity contribution >= 4 is 17.2 Å². The number of alkyl halides is 3. The number of aryl methyl sites for hydroxylation is 1. The molecule has 0 aromatic carbocycles. The molecule has 24 heavy (non-hydrogen) atoms. The van der Waals surface area contributed by atoms with E-state index in [9.17, 15) is 18.0 Å². The van der Waals surface area contributed by atoms with Gasteiger partial charge in [-0.2, -0.15) is 18.3 Å². The number of rotatable bonds is 2. The van der Waals surface area contributed by atoms with Crippen molar-refractivity contribution in [2.75, 3.05) is 13.1 Å². The summed E-state index contributed by atoms with van der Waals surface area (Å²) in [5.41, 5.74) is -0.383. The van der Waals surface area contributed by atoms with Crippen LogP contribution in [0.3, 0.4) is 0 Å². The smallest absolute Gasteiger partial charge is 0.338 e. The minimum absolute atomic E-state index is 0.0458. The maximum absolute atomic E-state index is 13.1. The van der Waals surface area contributed by atoms with Crippen molar-refractivity contribution in [3.05, 3.63) is 28.3 Å². The Morgan fingerprint density at radius 1 is 1.21 bits per heavy atom. The standard InChI is InChI=1S/C16H18F3N3OS/c1-10-13(20-21(2)14(10)16(17,18)19)11-6-7-12(24-11)15(23)22-8-4-3-5-9-22/h6-7H,3-5,8-9H2,1-2H3. The number of halogens is 3. The third kappa shape index (κ3) is 3.07. The van der Waals surface area contributed by atoms with Gasteiger partial charge in [0.05, 0.1) is 9.75 Å². The monoisotopic (exact) mass is 357 g/mol. The van der Waals surface area contributed by atoms with Crippen LogP contribution in [0, 0.1) is 6.92 Å². The SMILES string of the molecule is Cc1c(-c2ccc(C(=O)N3CCCCC3)s2)nn(C)c1C(F)(F)F. The summed E-state index contributed by atoms with van der Waals surface area (Å²) in [6.07, 6.45) is -1.32. The molecule has 0 bridgehead atoms. The topological polar surface area (TPSA) is 38.1 Å². The minimum Gasteiger partial charge on any atom is -0.338 e. The first-order valence-electron chi connectivity index (χ1n) is 7.79. The Morgan fingerprint density at radius 2 is 1.88 bits per heavy atom. The average molecular weight is 357 g/mol. The molecule has 2 aromatic rings. The maximum atomic E-state index is 13.1. The van der Waals surface area contributed by atoms with Crippen LogP contribution in [0.4, 0.5) is 13.2 Å². The molecule has 8 heteroatoms. The molecule has 130 valence electrons. The van der Waals surface area contributed by atoms with Gasteiger partial charge in [0, 0.05) is 25.7 Å². The number of hydrogen-bond acceptors (Lipinski definition) is 3. The molecule has 4 nitrogen and oxygen atoms in total. The first-order chi connectivity index (χ1) is 11.3. The number of carbonyl (C=O) groups excluding carboxylic acids is 1. The molecule has 0 spiro atoms. The van der Waals surface area contributed by atoms with Crippen molar-refractivity contribution in [2.45, 2.75) is 32.4 Å². The molecule has 0 aliphatic carbocycles. The summed E-state index contributed by atoms with van der Waals surface area (Å²) in [6.45, 7) is 2.90. The van der Waals surface area contributed by atoms with Crippen molar-refractivity contribution in [2.24, 2.45) is 7.05 Å². The fourth-order valence-electron chi connectivity index (χ4n) is 3.09. The molecule has 0 N–H and O–H groups in total. The van der Waals surface area contributed by atoms with Crippen molar-refractivity contribution in [1.82, 2.24) is 14.7 Å². The van der Waals surface area contributed by atoms with E-state index in [-0.39, 0.29) is 17.2 Å². The second-order valence-corrected chi connectivity index (χ2v) is 7.04. The maximum Gasteiger partial charge on any atom is 0.433 e. The molecule has 3 heterocycles. The summed E-state index contributed by atoms with van der Waals surface area (Å²) in [4.78, 5) is 15.4. The average Bonchev–Trinajstić information content (AvgIpc) is 3.11. The lowest BCUT2D eigenvalue weighted by Gasteiger charge is -2.26. The molecule has 0 unspecified atom stereocenters. The number of likely N-dealkylation sites (tertiary alicyclic amines) is 1. The number of hydrogen-bond donors (Lipinski definition) is 0. The number of carbonyl (C=O) groups is 1. The van der Waals surface area contributed by atoms with Crippen LogP contribution in [-0.4, -0.2) is 33.7 Å². The summed E-state index contributed by atoms with van der Waals surface area (Å²) in [6, 6.07) is 3.36. The van der Waals surface area contributed by atoms with Crippen LogP contribution in [0.5, 0.6) is 0 Å². The summed E-state index contributed by atoms with van der Waals surface area (Å²) in [5, 5.41) is 4.01. The molecule has 1 aliphatic heterocycles. The molecule has 1 aliphatic rings. The van der Waals surface area contributed by atoms with Crippen molar-refractivity contribution < 1.29 is 18.0 Å². The Hall–Kier alpha value is -1.83. The molecule has 1 amide bonds. The van der Waals surface area contributed by atoms with Gasteiger partial charge in [-0.1, -0.05) is 0 Å². The molecular formula is C16H18F3N3OS. The van der Waals surface area contributed by atoms with Crippen LogP contribution in [0.25, 0.3) is 10.6 Å². The van der Waals surface area contributed by atoms with Gasteiger partial charge < -0.3 is 4.90 Å². The fraction of sp³-hybridized carbons (Fsp3) is 0.500. The Balaban J connectivity index is 1.90. The first-order valence-corrected chi connectivity index (χ1v) is 8.61. The third-order valence-corrected chi connectivity index (χ3v) is 5.33. The van der Waals surface area contributed by atoms with Gasteiger partial charge in [-0.15, -0.1) is 11.3 Å². The van der Waals surface area contributed by atoms with Crippen LogP contribution in [0.15, 0.2) is 12.1 Å². The number of nitrogens with zero attached hydrogens (tertiary/aromatic N) is 3. The van der Waals surface area contributed by atoms with E-state index in [0.29, 0.717) is 9.75 Å². The predicted molar refractivity (Wildman–Crippen MR) is 86.0 cm³/mol. The van der Waals surface area contributed by atoms with E-state index in [1.807, 2.05) is 4.90 Å². The van der Waals surface area contributed by atoms with E-state index in [1.165, 1.54) is 25.3 Å². The Bertz CT molecular complexity index is 757. The van der Waals surface area contributed by atoms with E-state index in [1.54, 1.807) is 12.1 Å². The normalized spacial score (nSPS) is 15.8. The highest BCUT2D eigenvalue weighted by Gasteiger charge is 2.38. The van der Waals surface area contributed by atoms with Crippen molar-refractivity contribution in [1.29, 1.82) is 0 Å². The lowest BCUT2D eigenvalue weighted by molar-refractivity contribution is -0.144. The van der Waals surface area contributed by atoms with Crippen molar-refractivity contribution in [3.8, 4) is 10.6 Å². The highest BCUT2D eigenvalue weighted by Crippen LogP contribution is 2.38. The van der Waals surface area contributed by atoms with Gasteiger partial charge in [0.2, 0.25) is 0 Å². The molecule has 0 radical (unpaired) electrons. The number of piperidine rings is 1.